The van der Waals surface area contributed by atoms with Gasteiger partial charge in [0, 0.05) is 25.7 Å². The Morgan fingerprint density at radius 1 is 1.30 bits per heavy atom. The highest BCUT2D eigenvalue weighted by molar-refractivity contribution is 5.79. The van der Waals surface area contributed by atoms with Gasteiger partial charge in [-0.15, -0.1) is 0 Å². The van der Waals surface area contributed by atoms with Crippen molar-refractivity contribution in [3.63, 3.8) is 0 Å². The van der Waals surface area contributed by atoms with Crippen molar-refractivity contribution in [2.24, 2.45) is 5.92 Å². The molecule has 2 heterocycles. The minimum Gasteiger partial charge on any atom is -0.508 e. The first-order valence-electron chi connectivity index (χ1n) is 8.94. The van der Waals surface area contributed by atoms with E-state index in [1.165, 1.54) is 12.3 Å². The molecule has 0 bridgehead atoms. The molecule has 2 N–H and O–H groups in total. The summed E-state index contributed by atoms with van der Waals surface area (Å²) in [6.45, 7) is 1.87. The van der Waals surface area contributed by atoms with E-state index in [1.807, 2.05) is 17.0 Å². The van der Waals surface area contributed by atoms with E-state index >= 15 is 0 Å². The number of piperidine rings is 1. The number of carbonyl (C=O) groups is 1. The quantitative estimate of drug-likeness (QED) is 0.596. The van der Waals surface area contributed by atoms with Gasteiger partial charge in [0.1, 0.15) is 17.8 Å². The predicted molar refractivity (Wildman–Crippen MR) is 101 cm³/mol. The largest absolute Gasteiger partial charge is 0.508 e. The van der Waals surface area contributed by atoms with E-state index < -0.39 is 4.92 Å². The Bertz CT molecular complexity index is 792. The number of aromatic nitrogens is 1. The van der Waals surface area contributed by atoms with Crippen molar-refractivity contribution in [3.05, 3.63) is 58.3 Å². The molecule has 1 aliphatic rings. The Labute approximate surface area is 157 Å². The SMILES string of the molecule is O=C(NCCc1ccc(O)cc1)[C@@H]1CCCN(c2ccc([N+](=O)[O-])cn2)C1. The molecule has 27 heavy (non-hydrogen) atoms. The lowest BCUT2D eigenvalue weighted by Gasteiger charge is -2.32. The van der Waals surface area contributed by atoms with Crippen molar-refractivity contribution >= 4 is 17.4 Å². The lowest BCUT2D eigenvalue weighted by molar-refractivity contribution is -0.385. The second-order valence-electron chi connectivity index (χ2n) is 6.62. The van der Waals surface area contributed by atoms with Crippen LogP contribution in [0.1, 0.15) is 18.4 Å². The second kappa shape index (κ2) is 8.48. The Morgan fingerprint density at radius 2 is 2.07 bits per heavy atom. The van der Waals surface area contributed by atoms with Crippen LogP contribution < -0.4 is 10.2 Å². The second-order valence-corrected chi connectivity index (χ2v) is 6.62. The molecular weight excluding hydrogens is 348 g/mol. The van der Waals surface area contributed by atoms with Crippen LogP contribution in [0.4, 0.5) is 11.5 Å². The normalized spacial score (nSPS) is 16.7. The molecule has 8 heteroatoms. The molecule has 0 unspecified atom stereocenters. The molecule has 1 saturated heterocycles. The number of hydrogen-bond donors (Lipinski definition) is 2. The number of rotatable bonds is 6. The van der Waals surface area contributed by atoms with E-state index in [1.54, 1.807) is 18.2 Å². The van der Waals surface area contributed by atoms with Gasteiger partial charge in [-0.25, -0.2) is 4.98 Å². The van der Waals surface area contributed by atoms with Crippen molar-refractivity contribution in [2.75, 3.05) is 24.5 Å². The number of phenols is 1. The fraction of sp³-hybridized carbons (Fsp3) is 0.368. The van der Waals surface area contributed by atoms with Crippen molar-refractivity contribution in [2.45, 2.75) is 19.3 Å². The van der Waals surface area contributed by atoms with Crippen LogP contribution >= 0.6 is 0 Å². The first-order chi connectivity index (χ1) is 13.0. The fourth-order valence-corrected chi connectivity index (χ4v) is 3.21. The van der Waals surface area contributed by atoms with Crippen LogP contribution in [-0.4, -0.2) is 40.6 Å². The van der Waals surface area contributed by atoms with Gasteiger partial charge >= 0.3 is 0 Å². The number of nitrogens with one attached hydrogen (secondary N) is 1. The van der Waals surface area contributed by atoms with Gasteiger partial charge in [0.15, 0.2) is 0 Å². The summed E-state index contributed by atoms with van der Waals surface area (Å²) in [6, 6.07) is 10.0. The Balaban J connectivity index is 1.51. The summed E-state index contributed by atoms with van der Waals surface area (Å²) >= 11 is 0. The first-order valence-corrected chi connectivity index (χ1v) is 8.94. The van der Waals surface area contributed by atoms with E-state index in [2.05, 4.69) is 10.3 Å². The number of phenolic OH excluding ortho intramolecular Hbond substituents is 1. The van der Waals surface area contributed by atoms with Gasteiger partial charge in [0.25, 0.3) is 5.69 Å². The number of hydrogen-bond acceptors (Lipinski definition) is 6. The number of nitrogens with zero attached hydrogens (tertiary/aromatic N) is 3. The van der Waals surface area contributed by atoms with Gasteiger partial charge in [-0.05, 0) is 43.0 Å². The minimum absolute atomic E-state index is 0.0143. The number of nitro groups is 1. The van der Waals surface area contributed by atoms with E-state index in [9.17, 15) is 20.0 Å². The highest BCUT2D eigenvalue weighted by Crippen LogP contribution is 2.23. The lowest BCUT2D eigenvalue weighted by Crippen LogP contribution is -2.43. The molecule has 142 valence electrons. The number of benzene rings is 1. The third-order valence-corrected chi connectivity index (χ3v) is 4.71. The summed E-state index contributed by atoms with van der Waals surface area (Å²) in [5, 5.41) is 23.0. The molecule has 0 saturated carbocycles. The molecule has 0 spiro atoms. The third-order valence-electron chi connectivity index (χ3n) is 4.71. The highest BCUT2D eigenvalue weighted by atomic mass is 16.6. The zero-order chi connectivity index (χ0) is 19.2. The molecule has 1 atom stereocenters. The van der Waals surface area contributed by atoms with Crippen LogP contribution in [0.15, 0.2) is 42.6 Å². The lowest BCUT2D eigenvalue weighted by atomic mass is 9.97. The molecule has 2 aromatic rings. The van der Waals surface area contributed by atoms with Gasteiger partial charge in [0.05, 0.1) is 10.8 Å². The van der Waals surface area contributed by atoms with Crippen molar-refractivity contribution in [3.8, 4) is 5.75 Å². The summed E-state index contributed by atoms with van der Waals surface area (Å²) < 4.78 is 0. The van der Waals surface area contributed by atoms with Crippen LogP contribution in [0.5, 0.6) is 5.75 Å². The maximum absolute atomic E-state index is 12.5. The maximum atomic E-state index is 12.5. The van der Waals surface area contributed by atoms with Gasteiger partial charge in [-0.1, -0.05) is 12.1 Å². The van der Waals surface area contributed by atoms with Crippen LogP contribution in [0.25, 0.3) is 0 Å². The maximum Gasteiger partial charge on any atom is 0.287 e. The Kier molecular flexibility index (Phi) is 5.85. The summed E-state index contributed by atoms with van der Waals surface area (Å²) in [7, 11) is 0. The molecular formula is C19H22N4O4. The summed E-state index contributed by atoms with van der Waals surface area (Å²) in [5.74, 6) is 0.767. The average molecular weight is 370 g/mol. The van der Waals surface area contributed by atoms with Gasteiger partial charge in [-0.2, -0.15) is 0 Å². The number of amides is 1. The highest BCUT2D eigenvalue weighted by Gasteiger charge is 2.26. The number of carbonyl (C=O) groups excluding carboxylic acids is 1. The van der Waals surface area contributed by atoms with Crippen molar-refractivity contribution < 1.29 is 14.8 Å². The summed E-state index contributed by atoms with van der Waals surface area (Å²) in [4.78, 5) is 28.9. The first kappa shape index (κ1) is 18.6. The third kappa shape index (κ3) is 4.93. The molecule has 0 aliphatic carbocycles. The molecule has 0 radical (unpaired) electrons. The fourth-order valence-electron chi connectivity index (χ4n) is 3.21. The van der Waals surface area contributed by atoms with E-state index in [0.29, 0.717) is 25.3 Å². The zero-order valence-corrected chi connectivity index (χ0v) is 14.9. The van der Waals surface area contributed by atoms with Crippen LogP contribution in [0.2, 0.25) is 0 Å². The monoisotopic (exact) mass is 370 g/mol. The number of aromatic hydroxyl groups is 1. The molecule has 1 aromatic carbocycles. The van der Waals surface area contributed by atoms with E-state index in [0.717, 1.165) is 24.9 Å². The Hall–Kier alpha value is -3.16. The van der Waals surface area contributed by atoms with E-state index in [4.69, 9.17) is 0 Å². The summed E-state index contributed by atoms with van der Waals surface area (Å²) in [6.07, 6.45) is 3.63. The smallest absolute Gasteiger partial charge is 0.287 e. The average Bonchev–Trinajstić information content (AvgIpc) is 2.69. The van der Waals surface area contributed by atoms with Gasteiger partial charge in [-0.3, -0.25) is 14.9 Å². The summed E-state index contributed by atoms with van der Waals surface area (Å²) in [5.41, 5.74) is 1.01. The molecule has 1 aromatic heterocycles. The molecule has 1 amide bonds. The van der Waals surface area contributed by atoms with E-state index in [-0.39, 0.29) is 23.3 Å². The standard InChI is InChI=1S/C19H22N4O4/c24-17-6-3-14(4-7-17)9-10-20-19(25)15-2-1-11-22(13-15)18-8-5-16(12-21-18)23(26)27/h3-8,12,15,24H,1-2,9-11,13H2,(H,20,25)/t15-/m1/s1. The van der Waals surface area contributed by atoms with Gasteiger partial charge in [0.2, 0.25) is 5.91 Å². The molecule has 8 nitrogen and oxygen atoms in total. The van der Waals surface area contributed by atoms with Crippen LogP contribution in [0.3, 0.4) is 0 Å². The molecule has 3 rings (SSSR count). The van der Waals surface area contributed by atoms with Crippen LogP contribution in [-0.2, 0) is 11.2 Å². The van der Waals surface area contributed by atoms with Crippen molar-refractivity contribution in [1.82, 2.24) is 10.3 Å². The minimum atomic E-state index is -0.475. The Morgan fingerprint density at radius 3 is 2.74 bits per heavy atom. The van der Waals surface area contributed by atoms with Crippen molar-refractivity contribution in [1.29, 1.82) is 0 Å². The zero-order valence-electron chi connectivity index (χ0n) is 14.9. The molecule has 1 fully saturated rings. The van der Waals surface area contributed by atoms with Gasteiger partial charge < -0.3 is 15.3 Å². The molecule has 1 aliphatic heterocycles. The number of pyridine rings is 1. The predicted octanol–water partition coefficient (Wildman–Crippen LogP) is 2.27. The topological polar surface area (TPSA) is 109 Å². The number of anilines is 1. The van der Waals surface area contributed by atoms with Crippen LogP contribution in [0, 0.1) is 16.0 Å².